The van der Waals surface area contributed by atoms with E-state index in [0.717, 1.165) is 16.5 Å². The summed E-state index contributed by atoms with van der Waals surface area (Å²) in [6, 6.07) is 11.2. The Labute approximate surface area is 158 Å². The lowest BCUT2D eigenvalue weighted by Crippen LogP contribution is -2.27. The predicted molar refractivity (Wildman–Crippen MR) is 109 cm³/mol. The Hall–Kier alpha value is -3.41. The van der Waals surface area contributed by atoms with E-state index in [4.69, 9.17) is 4.74 Å². The van der Waals surface area contributed by atoms with Crippen LogP contribution in [0.4, 0.5) is 10.5 Å². The number of pyridine rings is 1. The van der Waals surface area contributed by atoms with Gasteiger partial charge in [0.25, 0.3) is 0 Å². The number of carbonyl (C=O) groups excluding carboxylic acids is 1. The van der Waals surface area contributed by atoms with Gasteiger partial charge in [-0.25, -0.2) is 9.79 Å². The highest BCUT2D eigenvalue weighted by atomic mass is 16.6. The molecule has 3 rings (SSSR count). The number of ether oxygens (including phenoxy) is 1. The molecule has 2 aromatic heterocycles. The van der Waals surface area contributed by atoms with Gasteiger partial charge in [-0.1, -0.05) is 18.7 Å². The van der Waals surface area contributed by atoms with Crippen molar-refractivity contribution in [2.24, 2.45) is 4.99 Å². The van der Waals surface area contributed by atoms with Gasteiger partial charge in [-0.2, -0.15) is 0 Å². The maximum Gasteiger partial charge on any atom is 0.412 e. The molecule has 0 saturated carbocycles. The Kier molecular flexibility index (Phi) is 5.07. The molecule has 2 heterocycles. The van der Waals surface area contributed by atoms with Crippen LogP contribution < -0.4 is 5.32 Å². The van der Waals surface area contributed by atoms with Crippen molar-refractivity contribution in [3.05, 3.63) is 67.1 Å². The Morgan fingerprint density at radius 1 is 1.22 bits per heavy atom. The summed E-state index contributed by atoms with van der Waals surface area (Å²) in [6.45, 7) is 9.48. The average molecular weight is 362 g/mol. The number of hydrogen-bond acceptors (Lipinski definition) is 4. The maximum absolute atomic E-state index is 11.8. The molecule has 0 aliphatic carbocycles. The molecule has 27 heavy (non-hydrogen) atoms. The van der Waals surface area contributed by atoms with Crippen LogP contribution in [-0.2, 0) is 4.74 Å². The third kappa shape index (κ3) is 4.82. The number of nitrogens with one attached hydrogen (secondary N) is 1. The highest BCUT2D eigenvalue weighted by Gasteiger charge is 2.15. The molecule has 0 bridgehead atoms. The molecule has 6 nitrogen and oxygen atoms in total. The first-order chi connectivity index (χ1) is 12.8. The van der Waals surface area contributed by atoms with E-state index in [9.17, 15) is 4.79 Å². The summed E-state index contributed by atoms with van der Waals surface area (Å²) < 4.78 is 7.12. The number of aromatic nitrogens is 2. The summed E-state index contributed by atoms with van der Waals surface area (Å²) in [5.41, 5.74) is 1.97. The van der Waals surface area contributed by atoms with Crippen LogP contribution in [0.25, 0.3) is 16.7 Å². The molecule has 3 aromatic rings. The fourth-order valence-electron chi connectivity index (χ4n) is 2.48. The van der Waals surface area contributed by atoms with Crippen LogP contribution in [0, 0.1) is 0 Å². The molecule has 1 N–H and O–H groups in total. The summed E-state index contributed by atoms with van der Waals surface area (Å²) >= 11 is 0. The number of nitrogens with zero attached hydrogens (tertiary/aromatic N) is 3. The van der Waals surface area contributed by atoms with Gasteiger partial charge in [0, 0.05) is 29.7 Å². The zero-order valence-corrected chi connectivity index (χ0v) is 15.6. The number of carbonyl (C=O) groups is 1. The number of amides is 1. The Bertz CT molecular complexity index is 995. The van der Waals surface area contributed by atoms with Crippen molar-refractivity contribution in [2.75, 3.05) is 5.32 Å². The van der Waals surface area contributed by atoms with Crippen LogP contribution >= 0.6 is 0 Å². The first kappa shape index (κ1) is 18.4. The molecule has 138 valence electrons. The van der Waals surface area contributed by atoms with Crippen molar-refractivity contribution in [3.8, 4) is 0 Å². The van der Waals surface area contributed by atoms with Crippen molar-refractivity contribution >= 4 is 34.7 Å². The second-order valence-corrected chi connectivity index (χ2v) is 7.04. The van der Waals surface area contributed by atoms with Crippen LogP contribution in [0.1, 0.15) is 26.3 Å². The normalized spacial score (nSPS) is 11.7. The summed E-state index contributed by atoms with van der Waals surface area (Å²) in [4.78, 5) is 20.4. The quantitative estimate of drug-likeness (QED) is 0.669. The van der Waals surface area contributed by atoms with E-state index in [2.05, 4.69) is 21.9 Å². The molecule has 0 atom stereocenters. The van der Waals surface area contributed by atoms with E-state index in [1.54, 1.807) is 30.7 Å². The van der Waals surface area contributed by atoms with E-state index >= 15 is 0 Å². The lowest BCUT2D eigenvalue weighted by Gasteiger charge is -2.19. The topological polar surface area (TPSA) is 68.5 Å². The molecular formula is C21H22N4O2. The molecule has 0 fully saturated rings. The van der Waals surface area contributed by atoms with Crippen molar-refractivity contribution in [3.63, 3.8) is 0 Å². The minimum atomic E-state index is -0.533. The van der Waals surface area contributed by atoms with Gasteiger partial charge in [0.2, 0.25) is 0 Å². The zero-order chi connectivity index (χ0) is 19.4. The van der Waals surface area contributed by atoms with Crippen molar-refractivity contribution in [1.82, 2.24) is 9.55 Å². The van der Waals surface area contributed by atoms with E-state index in [-0.39, 0.29) is 0 Å². The number of hydrogen-bond donors (Lipinski definition) is 1. The van der Waals surface area contributed by atoms with E-state index < -0.39 is 11.7 Å². The van der Waals surface area contributed by atoms with E-state index in [1.165, 1.54) is 0 Å². The van der Waals surface area contributed by atoms with Gasteiger partial charge >= 0.3 is 6.09 Å². The van der Waals surface area contributed by atoms with Crippen LogP contribution in [-0.4, -0.2) is 27.5 Å². The molecule has 0 saturated heterocycles. The van der Waals surface area contributed by atoms with Crippen LogP contribution in [0.3, 0.4) is 0 Å². The summed E-state index contributed by atoms with van der Waals surface area (Å²) in [6.07, 6.45) is 6.70. The van der Waals surface area contributed by atoms with Gasteiger partial charge in [0.15, 0.2) is 0 Å². The molecule has 6 heteroatoms. The van der Waals surface area contributed by atoms with Gasteiger partial charge in [-0.05, 0) is 50.6 Å². The zero-order valence-electron chi connectivity index (χ0n) is 15.6. The number of benzene rings is 1. The first-order valence-electron chi connectivity index (χ1n) is 8.56. The molecule has 1 aromatic carbocycles. The maximum atomic E-state index is 11.8. The Morgan fingerprint density at radius 3 is 2.67 bits per heavy atom. The van der Waals surface area contributed by atoms with Crippen LogP contribution in [0.2, 0.25) is 0 Å². The SMILES string of the molecule is C=C(/N=C\c1ccc(NC(=O)OC(C)(C)C)cc1)n1ccc2ccncc21. The van der Waals surface area contributed by atoms with Crippen LogP contribution in [0.15, 0.2) is 66.6 Å². The average Bonchev–Trinajstić information content (AvgIpc) is 3.03. The minimum absolute atomic E-state index is 0.481. The molecule has 0 unspecified atom stereocenters. The highest BCUT2D eigenvalue weighted by molar-refractivity contribution is 5.88. The summed E-state index contributed by atoms with van der Waals surface area (Å²) in [7, 11) is 0. The van der Waals surface area contributed by atoms with E-state index in [1.807, 2.05) is 55.8 Å². The Balaban J connectivity index is 1.65. The molecule has 0 radical (unpaired) electrons. The second kappa shape index (κ2) is 7.45. The summed E-state index contributed by atoms with van der Waals surface area (Å²) in [5, 5.41) is 3.78. The largest absolute Gasteiger partial charge is 0.444 e. The smallest absolute Gasteiger partial charge is 0.412 e. The standard InChI is InChI=1S/C21H22N4O2/c1-15(25-12-10-17-9-11-22-14-19(17)25)23-13-16-5-7-18(8-6-16)24-20(26)27-21(2,3)4/h5-14H,1H2,2-4H3,(H,24,26)/b23-13-. The van der Waals surface area contributed by atoms with Gasteiger partial charge in [-0.15, -0.1) is 0 Å². The monoisotopic (exact) mass is 362 g/mol. The third-order valence-corrected chi connectivity index (χ3v) is 3.69. The number of fused-ring (bicyclic) bond motifs is 1. The van der Waals surface area contributed by atoms with Gasteiger partial charge in [0.1, 0.15) is 11.4 Å². The van der Waals surface area contributed by atoms with Crippen LogP contribution in [0.5, 0.6) is 0 Å². The first-order valence-corrected chi connectivity index (χ1v) is 8.56. The van der Waals surface area contributed by atoms with Gasteiger partial charge in [0.05, 0.1) is 11.7 Å². The third-order valence-electron chi connectivity index (χ3n) is 3.69. The van der Waals surface area contributed by atoms with Crippen molar-refractivity contribution in [1.29, 1.82) is 0 Å². The van der Waals surface area contributed by atoms with Crippen molar-refractivity contribution in [2.45, 2.75) is 26.4 Å². The molecule has 0 aliphatic rings. The lowest BCUT2D eigenvalue weighted by atomic mass is 10.2. The molecular weight excluding hydrogens is 340 g/mol. The Morgan fingerprint density at radius 2 is 1.96 bits per heavy atom. The summed E-state index contributed by atoms with van der Waals surface area (Å²) in [5.74, 6) is 0.592. The molecule has 1 amide bonds. The minimum Gasteiger partial charge on any atom is -0.444 e. The van der Waals surface area contributed by atoms with Gasteiger partial charge < -0.3 is 9.30 Å². The second-order valence-electron chi connectivity index (χ2n) is 7.04. The van der Waals surface area contributed by atoms with E-state index in [0.29, 0.717) is 11.5 Å². The lowest BCUT2D eigenvalue weighted by molar-refractivity contribution is 0.0636. The number of rotatable bonds is 4. The van der Waals surface area contributed by atoms with Gasteiger partial charge in [-0.3, -0.25) is 10.3 Å². The number of aliphatic imine (C=N–C) groups is 1. The fourth-order valence-corrected chi connectivity index (χ4v) is 2.48. The molecule has 0 aliphatic heterocycles. The predicted octanol–water partition coefficient (Wildman–Crippen LogP) is 4.93. The number of anilines is 1. The fraction of sp³-hybridized carbons (Fsp3) is 0.190. The molecule has 0 spiro atoms. The van der Waals surface area contributed by atoms with Crippen molar-refractivity contribution < 1.29 is 9.53 Å². The highest BCUT2D eigenvalue weighted by Crippen LogP contribution is 2.18.